The summed E-state index contributed by atoms with van der Waals surface area (Å²) in [5.74, 6) is -0.673. The van der Waals surface area contributed by atoms with Gasteiger partial charge in [-0.2, -0.15) is 0 Å². The van der Waals surface area contributed by atoms with Crippen molar-refractivity contribution in [2.24, 2.45) is 0 Å². The number of cyclic esters (lactones) is 1. The first-order valence-electron chi connectivity index (χ1n) is 8.09. The fourth-order valence-corrected chi connectivity index (χ4v) is 3.41. The van der Waals surface area contributed by atoms with Crippen LogP contribution < -0.4 is 4.90 Å². The summed E-state index contributed by atoms with van der Waals surface area (Å²) in [6.07, 6.45) is -0.815. The Morgan fingerprint density at radius 1 is 0.923 bits per heavy atom. The number of carbonyl (C=O) groups excluding carboxylic acids is 2. The summed E-state index contributed by atoms with van der Waals surface area (Å²) in [6.45, 7) is 0. The molecule has 0 fully saturated rings. The molecule has 0 saturated carbocycles. The van der Waals surface area contributed by atoms with Crippen molar-refractivity contribution in [2.75, 3.05) is 4.90 Å². The Morgan fingerprint density at radius 2 is 1.65 bits per heavy atom. The summed E-state index contributed by atoms with van der Waals surface area (Å²) in [5, 5.41) is 0. The van der Waals surface area contributed by atoms with Crippen LogP contribution in [0.25, 0.3) is 0 Å². The van der Waals surface area contributed by atoms with E-state index in [0.717, 1.165) is 10.0 Å². The monoisotopic (exact) mass is 407 g/mol. The van der Waals surface area contributed by atoms with E-state index in [1.54, 1.807) is 42.5 Å². The molecule has 0 aliphatic carbocycles. The van der Waals surface area contributed by atoms with E-state index in [0.29, 0.717) is 16.8 Å². The third-order valence-electron chi connectivity index (χ3n) is 4.21. The number of anilines is 1. The van der Waals surface area contributed by atoms with Crippen molar-refractivity contribution in [1.82, 2.24) is 0 Å². The van der Waals surface area contributed by atoms with Crippen LogP contribution in [0.3, 0.4) is 0 Å². The van der Waals surface area contributed by atoms with Gasteiger partial charge in [-0.1, -0.05) is 64.5 Å². The van der Waals surface area contributed by atoms with E-state index in [4.69, 9.17) is 4.74 Å². The standard InChI is InChI=1S/C21H14BrNO3/c22-16-10-6-9-15(13-16)19(24)23-18-12-5-4-11-17(18)21(25)26-20(23)14-7-2-1-3-8-14/h1-13,20H/t20-/m1/s1. The molecule has 0 aromatic heterocycles. The zero-order valence-corrected chi connectivity index (χ0v) is 15.2. The molecule has 1 heterocycles. The lowest BCUT2D eigenvalue weighted by atomic mass is 10.0. The predicted molar refractivity (Wildman–Crippen MR) is 102 cm³/mol. The van der Waals surface area contributed by atoms with Crippen molar-refractivity contribution in [3.8, 4) is 0 Å². The molecule has 1 aliphatic rings. The van der Waals surface area contributed by atoms with Crippen molar-refractivity contribution in [1.29, 1.82) is 0 Å². The number of hydrogen-bond donors (Lipinski definition) is 0. The Balaban J connectivity index is 1.87. The topological polar surface area (TPSA) is 46.6 Å². The fourth-order valence-electron chi connectivity index (χ4n) is 3.01. The minimum atomic E-state index is -0.815. The minimum Gasteiger partial charge on any atom is -0.433 e. The summed E-state index contributed by atoms with van der Waals surface area (Å²) in [7, 11) is 0. The van der Waals surface area contributed by atoms with Crippen molar-refractivity contribution in [3.05, 3.63) is 100 Å². The van der Waals surface area contributed by atoms with Gasteiger partial charge >= 0.3 is 5.97 Å². The van der Waals surface area contributed by atoms with E-state index < -0.39 is 12.2 Å². The number of para-hydroxylation sites is 1. The van der Waals surface area contributed by atoms with Gasteiger partial charge < -0.3 is 4.74 Å². The van der Waals surface area contributed by atoms with Crippen LogP contribution in [0.2, 0.25) is 0 Å². The van der Waals surface area contributed by atoms with Crippen LogP contribution in [0, 0.1) is 0 Å². The Labute approximate surface area is 159 Å². The van der Waals surface area contributed by atoms with Gasteiger partial charge in [-0.3, -0.25) is 9.69 Å². The van der Waals surface area contributed by atoms with E-state index in [-0.39, 0.29) is 5.91 Å². The van der Waals surface area contributed by atoms with Crippen LogP contribution in [0.1, 0.15) is 32.5 Å². The largest absolute Gasteiger partial charge is 0.433 e. The van der Waals surface area contributed by atoms with Crippen LogP contribution in [0.5, 0.6) is 0 Å². The molecular weight excluding hydrogens is 394 g/mol. The number of benzene rings is 3. The number of esters is 1. The van der Waals surface area contributed by atoms with Gasteiger partial charge in [-0.25, -0.2) is 4.79 Å². The number of halogens is 1. The number of nitrogens with zero attached hydrogens (tertiary/aromatic N) is 1. The van der Waals surface area contributed by atoms with Crippen molar-refractivity contribution in [3.63, 3.8) is 0 Å². The van der Waals surface area contributed by atoms with Crippen molar-refractivity contribution < 1.29 is 14.3 Å². The van der Waals surface area contributed by atoms with Gasteiger partial charge in [-0.15, -0.1) is 0 Å². The van der Waals surface area contributed by atoms with Crippen LogP contribution in [-0.2, 0) is 4.74 Å². The second kappa shape index (κ2) is 6.77. The summed E-state index contributed by atoms with van der Waals surface area (Å²) in [5.41, 5.74) is 2.16. The first-order valence-corrected chi connectivity index (χ1v) is 8.88. The first-order chi connectivity index (χ1) is 12.6. The molecule has 3 aromatic rings. The smallest absolute Gasteiger partial charge is 0.342 e. The molecule has 0 bridgehead atoms. The van der Waals surface area contributed by atoms with E-state index >= 15 is 0 Å². The number of fused-ring (bicyclic) bond motifs is 1. The maximum absolute atomic E-state index is 13.3. The zero-order valence-electron chi connectivity index (χ0n) is 13.6. The lowest BCUT2D eigenvalue weighted by molar-refractivity contribution is 0.0249. The quantitative estimate of drug-likeness (QED) is 0.563. The second-order valence-electron chi connectivity index (χ2n) is 5.87. The average Bonchev–Trinajstić information content (AvgIpc) is 2.68. The molecular formula is C21H14BrNO3. The number of amides is 1. The molecule has 0 radical (unpaired) electrons. The summed E-state index contributed by atoms with van der Waals surface area (Å²) in [6, 6.07) is 23.4. The summed E-state index contributed by atoms with van der Waals surface area (Å²) < 4.78 is 6.45. The van der Waals surface area contributed by atoms with Crippen molar-refractivity contribution in [2.45, 2.75) is 6.23 Å². The molecule has 26 heavy (non-hydrogen) atoms. The highest BCUT2D eigenvalue weighted by molar-refractivity contribution is 9.10. The van der Waals surface area contributed by atoms with Crippen LogP contribution >= 0.6 is 15.9 Å². The normalized spacial score (nSPS) is 16.0. The second-order valence-corrected chi connectivity index (χ2v) is 6.79. The third kappa shape index (κ3) is 2.91. The highest BCUT2D eigenvalue weighted by atomic mass is 79.9. The van der Waals surface area contributed by atoms with Gasteiger partial charge in [0.05, 0.1) is 11.3 Å². The third-order valence-corrected chi connectivity index (χ3v) is 4.71. The highest BCUT2D eigenvalue weighted by Gasteiger charge is 2.37. The predicted octanol–water partition coefficient (Wildman–Crippen LogP) is 4.97. The van der Waals surface area contributed by atoms with Gasteiger partial charge in [0.15, 0.2) is 0 Å². The van der Waals surface area contributed by atoms with Gasteiger partial charge in [0.25, 0.3) is 5.91 Å². The molecule has 4 nitrogen and oxygen atoms in total. The van der Waals surface area contributed by atoms with Gasteiger partial charge in [0.1, 0.15) is 0 Å². The molecule has 1 aliphatic heterocycles. The van der Waals surface area contributed by atoms with Gasteiger partial charge in [0, 0.05) is 15.6 Å². The van der Waals surface area contributed by atoms with Gasteiger partial charge in [0.2, 0.25) is 6.23 Å². The Bertz CT molecular complexity index is 987. The first kappa shape index (κ1) is 16.5. The van der Waals surface area contributed by atoms with Crippen LogP contribution in [-0.4, -0.2) is 11.9 Å². The fraction of sp³-hybridized carbons (Fsp3) is 0.0476. The SMILES string of the molecule is O=C1O[C@H](c2ccccc2)N(C(=O)c2cccc(Br)c2)c2ccccc21. The molecule has 4 rings (SSSR count). The molecule has 1 amide bonds. The Kier molecular flexibility index (Phi) is 4.31. The van der Waals surface area contributed by atoms with E-state index in [9.17, 15) is 9.59 Å². The number of hydrogen-bond acceptors (Lipinski definition) is 3. The molecule has 128 valence electrons. The van der Waals surface area contributed by atoms with Crippen molar-refractivity contribution >= 4 is 33.5 Å². The highest BCUT2D eigenvalue weighted by Crippen LogP contribution is 2.37. The van der Waals surface area contributed by atoms with Crippen LogP contribution in [0.4, 0.5) is 5.69 Å². The summed E-state index contributed by atoms with van der Waals surface area (Å²) in [4.78, 5) is 27.3. The molecule has 1 atom stereocenters. The molecule has 5 heteroatoms. The van der Waals surface area contributed by atoms with E-state index in [1.165, 1.54) is 4.90 Å². The lowest BCUT2D eigenvalue weighted by Gasteiger charge is -2.36. The van der Waals surface area contributed by atoms with E-state index in [2.05, 4.69) is 15.9 Å². The molecule has 3 aromatic carbocycles. The number of ether oxygens (including phenoxy) is 1. The number of carbonyl (C=O) groups is 2. The molecule has 0 spiro atoms. The average molecular weight is 408 g/mol. The van der Waals surface area contributed by atoms with Crippen LogP contribution in [0.15, 0.2) is 83.3 Å². The zero-order chi connectivity index (χ0) is 18.1. The Morgan fingerprint density at radius 3 is 2.42 bits per heavy atom. The minimum absolute atomic E-state index is 0.236. The molecule has 0 saturated heterocycles. The Hall–Kier alpha value is -2.92. The maximum atomic E-state index is 13.3. The van der Waals surface area contributed by atoms with Gasteiger partial charge in [-0.05, 0) is 30.3 Å². The lowest BCUT2D eigenvalue weighted by Crippen LogP contribution is -2.41. The van der Waals surface area contributed by atoms with E-state index in [1.807, 2.05) is 36.4 Å². The summed E-state index contributed by atoms with van der Waals surface area (Å²) >= 11 is 3.40. The molecule has 0 unspecified atom stereocenters. The molecule has 0 N–H and O–H groups in total. The maximum Gasteiger partial charge on any atom is 0.342 e. The number of rotatable bonds is 2.